The fourth-order valence-corrected chi connectivity index (χ4v) is 2.76. The van der Waals surface area contributed by atoms with Crippen molar-refractivity contribution in [1.29, 1.82) is 0 Å². The van der Waals surface area contributed by atoms with E-state index >= 15 is 0 Å². The highest BCUT2D eigenvalue weighted by Gasteiger charge is 2.41. The number of hydrogen-bond donors (Lipinski definition) is 1. The molecule has 1 aliphatic heterocycles. The van der Waals surface area contributed by atoms with Crippen molar-refractivity contribution in [3.8, 4) is 0 Å². The monoisotopic (exact) mass is 284 g/mol. The maximum atomic E-state index is 12.3. The Bertz CT molecular complexity index is 333. The highest BCUT2D eigenvalue weighted by Crippen LogP contribution is 2.24. The highest BCUT2D eigenvalue weighted by molar-refractivity contribution is 5.80. The largest absolute Gasteiger partial charge is 0.465 e. The molecule has 0 aromatic heterocycles. The molecule has 0 spiro atoms. The fourth-order valence-electron chi connectivity index (χ4n) is 2.76. The number of nitrogens with zero attached hydrogens (tertiary/aromatic N) is 1. The van der Waals surface area contributed by atoms with Crippen LogP contribution in [-0.2, 0) is 14.3 Å². The molecule has 0 amide bonds. The summed E-state index contributed by atoms with van der Waals surface area (Å²) in [6.45, 7) is 9.64. The third-order valence-corrected chi connectivity index (χ3v) is 4.04. The Kier molecular flexibility index (Phi) is 5.41. The molecule has 2 unspecified atom stereocenters. The maximum Gasteiger partial charge on any atom is 0.327 e. The Balaban J connectivity index is 1.96. The smallest absolute Gasteiger partial charge is 0.327 e. The van der Waals surface area contributed by atoms with E-state index < -0.39 is 5.54 Å². The summed E-state index contributed by atoms with van der Waals surface area (Å²) in [5.74, 6) is -0.133. The number of hydrogen-bond acceptors (Lipinski definition) is 5. The Labute approximate surface area is 122 Å². The third kappa shape index (κ3) is 4.17. The van der Waals surface area contributed by atoms with Crippen LogP contribution in [0.4, 0.5) is 0 Å². The summed E-state index contributed by atoms with van der Waals surface area (Å²) >= 11 is 0. The van der Waals surface area contributed by atoms with Gasteiger partial charge in [-0.1, -0.05) is 6.92 Å². The summed E-state index contributed by atoms with van der Waals surface area (Å²) in [5.41, 5.74) is -0.604. The first-order valence-electron chi connectivity index (χ1n) is 7.86. The quantitative estimate of drug-likeness (QED) is 0.711. The normalized spacial score (nSPS) is 27.1. The van der Waals surface area contributed by atoms with Crippen molar-refractivity contribution >= 4 is 5.97 Å². The Morgan fingerprint density at radius 1 is 1.45 bits per heavy atom. The molecule has 0 aromatic rings. The van der Waals surface area contributed by atoms with Crippen LogP contribution in [0.2, 0.25) is 0 Å². The van der Waals surface area contributed by atoms with Crippen LogP contribution in [0.3, 0.4) is 0 Å². The van der Waals surface area contributed by atoms with E-state index in [1.165, 1.54) is 0 Å². The molecule has 1 aliphatic carbocycles. The molecule has 2 aliphatic rings. The Hall–Kier alpha value is -0.650. The molecule has 1 saturated carbocycles. The van der Waals surface area contributed by atoms with Crippen molar-refractivity contribution in [3.63, 3.8) is 0 Å². The van der Waals surface area contributed by atoms with E-state index in [0.29, 0.717) is 19.2 Å². The molecule has 116 valence electrons. The van der Waals surface area contributed by atoms with E-state index in [4.69, 9.17) is 9.47 Å². The average molecular weight is 284 g/mol. The van der Waals surface area contributed by atoms with Crippen molar-refractivity contribution in [2.24, 2.45) is 0 Å². The van der Waals surface area contributed by atoms with Gasteiger partial charge < -0.3 is 9.47 Å². The number of esters is 1. The van der Waals surface area contributed by atoms with Gasteiger partial charge in [-0.25, -0.2) is 0 Å². The topological polar surface area (TPSA) is 50.8 Å². The molecule has 0 bridgehead atoms. The SMILES string of the molecule is CCOC(=O)C(C)(CN1CCOC(CC)C1)NC1CC1. The third-order valence-electron chi connectivity index (χ3n) is 4.04. The first kappa shape index (κ1) is 15.7. The van der Waals surface area contributed by atoms with Gasteiger partial charge in [-0.05, 0) is 33.1 Å². The lowest BCUT2D eigenvalue weighted by Gasteiger charge is -2.38. The Morgan fingerprint density at radius 2 is 2.20 bits per heavy atom. The van der Waals surface area contributed by atoms with Crippen molar-refractivity contribution in [1.82, 2.24) is 10.2 Å². The zero-order valence-electron chi connectivity index (χ0n) is 13.0. The second-order valence-electron chi connectivity index (χ2n) is 6.11. The molecule has 5 heteroatoms. The van der Waals surface area contributed by atoms with Crippen LogP contribution >= 0.6 is 0 Å². The van der Waals surface area contributed by atoms with Gasteiger partial charge in [-0.3, -0.25) is 15.0 Å². The molecular weight excluding hydrogens is 256 g/mol. The summed E-state index contributed by atoms with van der Waals surface area (Å²) in [6.07, 6.45) is 3.63. The van der Waals surface area contributed by atoms with Gasteiger partial charge in [0.2, 0.25) is 0 Å². The molecule has 1 N–H and O–H groups in total. The molecule has 0 radical (unpaired) electrons. The van der Waals surface area contributed by atoms with E-state index in [-0.39, 0.29) is 12.1 Å². The highest BCUT2D eigenvalue weighted by atomic mass is 16.5. The van der Waals surface area contributed by atoms with Gasteiger partial charge in [0.05, 0.1) is 19.3 Å². The van der Waals surface area contributed by atoms with E-state index in [2.05, 4.69) is 17.1 Å². The van der Waals surface area contributed by atoms with Gasteiger partial charge in [0, 0.05) is 25.7 Å². The van der Waals surface area contributed by atoms with Crippen LogP contribution in [0.15, 0.2) is 0 Å². The number of carbonyl (C=O) groups is 1. The van der Waals surface area contributed by atoms with Crippen LogP contribution in [0, 0.1) is 0 Å². The zero-order chi connectivity index (χ0) is 14.6. The van der Waals surface area contributed by atoms with Gasteiger partial charge in [-0.15, -0.1) is 0 Å². The minimum absolute atomic E-state index is 0.133. The van der Waals surface area contributed by atoms with Crippen LogP contribution in [-0.4, -0.2) is 61.4 Å². The second kappa shape index (κ2) is 6.87. The standard InChI is InChI=1S/C15H28N2O3/c1-4-13-10-17(8-9-20-13)11-15(3,14(18)19-5-2)16-12-6-7-12/h12-13,16H,4-11H2,1-3H3. The number of nitrogens with one attached hydrogen (secondary N) is 1. The maximum absolute atomic E-state index is 12.3. The van der Waals surface area contributed by atoms with Gasteiger partial charge in [0.15, 0.2) is 0 Å². The predicted octanol–water partition coefficient (Wildman–Crippen LogP) is 1.17. The molecule has 2 rings (SSSR count). The molecule has 2 atom stereocenters. The Morgan fingerprint density at radius 3 is 2.80 bits per heavy atom. The lowest BCUT2D eigenvalue weighted by atomic mass is 10.0. The second-order valence-corrected chi connectivity index (χ2v) is 6.11. The van der Waals surface area contributed by atoms with Crippen molar-refractivity contribution in [2.45, 2.75) is 57.7 Å². The van der Waals surface area contributed by atoms with Crippen molar-refractivity contribution in [3.05, 3.63) is 0 Å². The van der Waals surface area contributed by atoms with Crippen LogP contribution < -0.4 is 5.32 Å². The minimum Gasteiger partial charge on any atom is -0.465 e. The average Bonchev–Trinajstić information content (AvgIpc) is 3.23. The van der Waals surface area contributed by atoms with E-state index in [9.17, 15) is 4.79 Å². The number of ether oxygens (including phenoxy) is 2. The van der Waals surface area contributed by atoms with Crippen LogP contribution in [0.1, 0.15) is 40.0 Å². The first-order chi connectivity index (χ1) is 9.57. The van der Waals surface area contributed by atoms with Gasteiger partial charge >= 0.3 is 5.97 Å². The van der Waals surface area contributed by atoms with Crippen LogP contribution in [0.5, 0.6) is 0 Å². The van der Waals surface area contributed by atoms with E-state index in [0.717, 1.165) is 39.0 Å². The van der Waals surface area contributed by atoms with E-state index in [1.54, 1.807) is 0 Å². The van der Waals surface area contributed by atoms with Crippen molar-refractivity contribution < 1.29 is 14.3 Å². The lowest BCUT2D eigenvalue weighted by molar-refractivity contribution is -0.152. The van der Waals surface area contributed by atoms with Gasteiger partial charge in [0.25, 0.3) is 0 Å². The summed E-state index contributed by atoms with van der Waals surface area (Å²) < 4.78 is 11.0. The lowest BCUT2D eigenvalue weighted by Crippen LogP contribution is -2.60. The molecule has 0 aromatic carbocycles. The molecule has 1 heterocycles. The van der Waals surface area contributed by atoms with Gasteiger partial charge in [-0.2, -0.15) is 0 Å². The van der Waals surface area contributed by atoms with Crippen LogP contribution in [0.25, 0.3) is 0 Å². The van der Waals surface area contributed by atoms with Gasteiger partial charge in [0.1, 0.15) is 5.54 Å². The first-order valence-corrected chi connectivity index (χ1v) is 7.86. The summed E-state index contributed by atoms with van der Waals surface area (Å²) in [4.78, 5) is 14.6. The van der Waals surface area contributed by atoms with Crippen molar-refractivity contribution in [2.75, 3.05) is 32.8 Å². The van der Waals surface area contributed by atoms with E-state index in [1.807, 2.05) is 13.8 Å². The molecule has 20 heavy (non-hydrogen) atoms. The fraction of sp³-hybridized carbons (Fsp3) is 0.933. The molecular formula is C15H28N2O3. The molecule has 2 fully saturated rings. The number of carbonyl (C=O) groups excluding carboxylic acids is 1. The zero-order valence-corrected chi connectivity index (χ0v) is 13.0. The number of rotatable bonds is 7. The summed E-state index contributed by atoms with van der Waals surface area (Å²) in [7, 11) is 0. The summed E-state index contributed by atoms with van der Waals surface area (Å²) in [6, 6.07) is 0.479. The predicted molar refractivity (Wildman–Crippen MR) is 77.7 cm³/mol. The molecule has 1 saturated heterocycles. The summed E-state index contributed by atoms with van der Waals surface area (Å²) in [5, 5.41) is 3.48. The minimum atomic E-state index is -0.604. The number of morpholine rings is 1. The molecule has 5 nitrogen and oxygen atoms in total.